The molecule has 0 saturated heterocycles. The molecule has 6 heteroatoms. The fraction of sp³-hybridized carbons (Fsp3) is 0.467. The highest BCUT2D eigenvalue weighted by atomic mass is 16.6. The van der Waals surface area contributed by atoms with Crippen LogP contribution in [-0.2, 0) is 19.1 Å². The molecule has 0 aliphatic carbocycles. The van der Waals surface area contributed by atoms with Crippen LogP contribution in [0.3, 0.4) is 0 Å². The third kappa shape index (κ3) is 6.48. The predicted octanol–water partition coefficient (Wildman–Crippen LogP) is 6.99. The second-order valence-electron chi connectivity index (χ2n) is 9.51. The van der Waals surface area contributed by atoms with Crippen molar-refractivity contribution in [3.05, 3.63) is 48.5 Å². The molecule has 0 saturated carbocycles. The van der Waals surface area contributed by atoms with Gasteiger partial charge in [0.1, 0.15) is 11.5 Å². The highest BCUT2D eigenvalue weighted by Gasteiger charge is 2.28. The molecule has 3 aromatic carbocycles. The summed E-state index contributed by atoms with van der Waals surface area (Å²) in [7, 11) is 0. The zero-order chi connectivity index (χ0) is 26.2. The van der Waals surface area contributed by atoms with Gasteiger partial charge in [0.05, 0.1) is 12.2 Å². The molecule has 0 aromatic heterocycles. The van der Waals surface area contributed by atoms with Gasteiger partial charge in [-0.3, -0.25) is 0 Å². The summed E-state index contributed by atoms with van der Waals surface area (Å²) in [5.74, 6) is 0.452. The Bertz CT molecular complexity index is 1030. The molecule has 0 spiro atoms. The zero-order valence-corrected chi connectivity index (χ0v) is 22.2. The van der Waals surface area contributed by atoms with Crippen molar-refractivity contribution in [1.82, 2.24) is 0 Å². The van der Waals surface area contributed by atoms with Crippen molar-refractivity contribution in [1.29, 1.82) is 0 Å². The van der Waals surface area contributed by atoms with Gasteiger partial charge in [-0.1, -0.05) is 75.2 Å². The first kappa shape index (κ1) is 27.3. The van der Waals surface area contributed by atoms with E-state index in [9.17, 15) is 9.59 Å². The molecule has 2 unspecified atom stereocenters. The standard InChI is InChI=1S/C30H38O6/c1-7-13-25(29(31)33-19(3)4)35-27-21-15-9-11-17-23(21)28(24-18-12-10-16-22(24)27)36-26(14-8-2)30(32)34-20(5)6/h9-12,15-20,25-26H,7-8,13-14H2,1-6H3. The molecule has 0 amide bonds. The normalized spacial score (nSPS) is 13.1. The monoisotopic (exact) mass is 494 g/mol. The number of rotatable bonds is 12. The van der Waals surface area contributed by atoms with Crippen LogP contribution in [0.4, 0.5) is 0 Å². The van der Waals surface area contributed by atoms with E-state index in [0.29, 0.717) is 24.3 Å². The minimum Gasteiger partial charge on any atom is -0.477 e. The lowest BCUT2D eigenvalue weighted by Gasteiger charge is -2.24. The average molecular weight is 495 g/mol. The first-order valence-corrected chi connectivity index (χ1v) is 12.9. The van der Waals surface area contributed by atoms with Crippen molar-refractivity contribution in [3.8, 4) is 11.5 Å². The summed E-state index contributed by atoms with van der Waals surface area (Å²) in [5.41, 5.74) is 0. The Morgan fingerprint density at radius 3 is 1.17 bits per heavy atom. The Kier molecular flexibility index (Phi) is 9.57. The molecule has 0 heterocycles. The molecular formula is C30H38O6. The number of hydrogen-bond acceptors (Lipinski definition) is 6. The van der Waals surface area contributed by atoms with Crippen LogP contribution in [0.15, 0.2) is 48.5 Å². The van der Waals surface area contributed by atoms with Gasteiger partial charge in [-0.2, -0.15) is 0 Å². The fourth-order valence-corrected chi connectivity index (χ4v) is 4.18. The van der Waals surface area contributed by atoms with Crippen LogP contribution >= 0.6 is 0 Å². The summed E-state index contributed by atoms with van der Waals surface area (Å²) >= 11 is 0. The number of ether oxygens (including phenoxy) is 4. The molecule has 3 aromatic rings. The molecular weight excluding hydrogens is 456 g/mol. The van der Waals surface area contributed by atoms with E-state index in [1.165, 1.54) is 0 Å². The molecule has 0 aliphatic heterocycles. The number of benzene rings is 3. The molecule has 36 heavy (non-hydrogen) atoms. The smallest absolute Gasteiger partial charge is 0.347 e. The van der Waals surface area contributed by atoms with Crippen LogP contribution in [0.1, 0.15) is 67.2 Å². The Morgan fingerprint density at radius 2 is 0.917 bits per heavy atom. The molecule has 6 nitrogen and oxygen atoms in total. The van der Waals surface area contributed by atoms with E-state index in [4.69, 9.17) is 18.9 Å². The molecule has 194 valence electrons. The number of fused-ring (bicyclic) bond motifs is 2. The second kappa shape index (κ2) is 12.6. The van der Waals surface area contributed by atoms with Gasteiger partial charge in [0.15, 0.2) is 12.2 Å². The summed E-state index contributed by atoms with van der Waals surface area (Å²) in [4.78, 5) is 25.7. The van der Waals surface area contributed by atoms with Crippen LogP contribution in [0, 0.1) is 0 Å². The molecule has 0 N–H and O–H groups in total. The summed E-state index contributed by atoms with van der Waals surface area (Å²) in [6.07, 6.45) is 0.682. The largest absolute Gasteiger partial charge is 0.477 e. The topological polar surface area (TPSA) is 71.1 Å². The molecule has 0 aliphatic rings. The van der Waals surface area contributed by atoms with Gasteiger partial charge in [-0.15, -0.1) is 0 Å². The fourth-order valence-electron chi connectivity index (χ4n) is 4.18. The van der Waals surface area contributed by atoms with E-state index >= 15 is 0 Å². The average Bonchev–Trinajstić information content (AvgIpc) is 2.83. The molecule has 0 fully saturated rings. The summed E-state index contributed by atoms with van der Waals surface area (Å²) < 4.78 is 23.8. The van der Waals surface area contributed by atoms with Crippen molar-refractivity contribution in [2.24, 2.45) is 0 Å². The van der Waals surface area contributed by atoms with Crippen LogP contribution in [0.25, 0.3) is 21.5 Å². The Balaban J connectivity index is 2.16. The van der Waals surface area contributed by atoms with Gasteiger partial charge in [-0.05, 0) is 40.5 Å². The minimum atomic E-state index is -0.732. The van der Waals surface area contributed by atoms with E-state index in [1.807, 2.05) is 90.1 Å². The SMILES string of the molecule is CCCC(Oc1c2ccccc2c(OC(CCC)C(=O)OC(C)C)c2ccccc12)C(=O)OC(C)C. The van der Waals surface area contributed by atoms with Crippen LogP contribution in [-0.4, -0.2) is 36.4 Å². The Hall–Kier alpha value is -3.28. The predicted molar refractivity (Wildman–Crippen MR) is 143 cm³/mol. The molecule has 0 radical (unpaired) electrons. The van der Waals surface area contributed by atoms with Crippen LogP contribution < -0.4 is 9.47 Å². The van der Waals surface area contributed by atoms with Crippen molar-refractivity contribution in [2.75, 3.05) is 0 Å². The lowest BCUT2D eigenvalue weighted by Crippen LogP contribution is -2.32. The van der Waals surface area contributed by atoms with Gasteiger partial charge in [0.2, 0.25) is 0 Å². The third-order valence-electron chi connectivity index (χ3n) is 5.68. The van der Waals surface area contributed by atoms with Crippen LogP contribution in [0.2, 0.25) is 0 Å². The highest BCUT2D eigenvalue weighted by molar-refractivity contribution is 6.11. The molecule has 2 atom stereocenters. The van der Waals surface area contributed by atoms with E-state index < -0.39 is 12.2 Å². The van der Waals surface area contributed by atoms with E-state index in [0.717, 1.165) is 34.4 Å². The lowest BCUT2D eigenvalue weighted by molar-refractivity contribution is -0.157. The van der Waals surface area contributed by atoms with Crippen LogP contribution in [0.5, 0.6) is 11.5 Å². The molecule has 3 rings (SSSR count). The quantitative estimate of drug-likeness (QED) is 0.200. The number of carbonyl (C=O) groups is 2. The van der Waals surface area contributed by atoms with Gasteiger partial charge in [0, 0.05) is 21.5 Å². The summed E-state index contributed by atoms with van der Waals surface area (Å²) in [5, 5.41) is 3.21. The number of esters is 2. The first-order valence-electron chi connectivity index (χ1n) is 12.9. The maximum Gasteiger partial charge on any atom is 0.347 e. The maximum absolute atomic E-state index is 12.8. The zero-order valence-electron chi connectivity index (χ0n) is 22.2. The van der Waals surface area contributed by atoms with Crippen molar-refractivity contribution in [2.45, 2.75) is 91.6 Å². The van der Waals surface area contributed by atoms with E-state index in [1.54, 1.807) is 0 Å². The number of hydrogen-bond donors (Lipinski definition) is 0. The lowest BCUT2D eigenvalue weighted by atomic mass is 10.00. The van der Waals surface area contributed by atoms with E-state index in [-0.39, 0.29) is 24.1 Å². The molecule has 0 bridgehead atoms. The van der Waals surface area contributed by atoms with Gasteiger partial charge in [-0.25, -0.2) is 9.59 Å². The maximum atomic E-state index is 12.8. The summed E-state index contributed by atoms with van der Waals surface area (Å²) in [6.45, 7) is 11.3. The van der Waals surface area contributed by atoms with Crippen molar-refractivity contribution < 1.29 is 28.5 Å². The Labute approximate surface area is 213 Å². The minimum absolute atomic E-state index is 0.231. The summed E-state index contributed by atoms with van der Waals surface area (Å²) in [6, 6.07) is 15.5. The van der Waals surface area contributed by atoms with Crippen molar-refractivity contribution in [3.63, 3.8) is 0 Å². The van der Waals surface area contributed by atoms with Crippen molar-refractivity contribution >= 4 is 33.5 Å². The second-order valence-corrected chi connectivity index (χ2v) is 9.51. The van der Waals surface area contributed by atoms with Gasteiger partial charge >= 0.3 is 11.9 Å². The Morgan fingerprint density at radius 1 is 0.611 bits per heavy atom. The van der Waals surface area contributed by atoms with Gasteiger partial charge in [0.25, 0.3) is 0 Å². The first-order chi connectivity index (χ1) is 17.3. The van der Waals surface area contributed by atoms with Gasteiger partial charge < -0.3 is 18.9 Å². The number of carbonyl (C=O) groups excluding carboxylic acids is 2. The third-order valence-corrected chi connectivity index (χ3v) is 5.68. The highest BCUT2D eigenvalue weighted by Crippen LogP contribution is 2.44. The van der Waals surface area contributed by atoms with E-state index in [2.05, 4.69) is 0 Å².